The van der Waals surface area contributed by atoms with Crippen molar-refractivity contribution < 1.29 is 19.4 Å². The van der Waals surface area contributed by atoms with Gasteiger partial charge in [0, 0.05) is 19.8 Å². The lowest BCUT2D eigenvalue weighted by Crippen LogP contribution is -2.35. The maximum Gasteiger partial charge on any atom is 0.335 e. The van der Waals surface area contributed by atoms with Crippen LogP contribution in [0.5, 0.6) is 0 Å². The van der Waals surface area contributed by atoms with Crippen LogP contribution in [-0.2, 0) is 20.3 Å². The number of rotatable bonds is 5. The normalized spacial score (nSPS) is 17.4. The van der Waals surface area contributed by atoms with Crippen molar-refractivity contribution in [2.24, 2.45) is 0 Å². The Bertz CT molecular complexity index is 891. The largest absolute Gasteiger partial charge is 0.478 e. The summed E-state index contributed by atoms with van der Waals surface area (Å²) >= 11 is 0. The summed E-state index contributed by atoms with van der Waals surface area (Å²) < 4.78 is 11.0. The zero-order chi connectivity index (χ0) is 20.7. The number of carboxylic acid groups (broad SMARTS) is 1. The van der Waals surface area contributed by atoms with Gasteiger partial charge in [0.25, 0.3) is 0 Å². The summed E-state index contributed by atoms with van der Waals surface area (Å²) in [4.78, 5) is 11.9. The Hall–Kier alpha value is -2.17. The average Bonchev–Trinajstić information content (AvgIpc) is 2.66. The number of hydrogen-bond donors (Lipinski definition) is 1. The van der Waals surface area contributed by atoms with Gasteiger partial charge in [0.05, 0.1) is 5.56 Å². The lowest BCUT2D eigenvalue weighted by molar-refractivity contribution is -0.105. The van der Waals surface area contributed by atoms with Crippen LogP contribution in [-0.4, -0.2) is 25.3 Å². The van der Waals surface area contributed by atoms with Crippen LogP contribution in [0.4, 0.5) is 0 Å². The molecule has 0 saturated carbocycles. The SMILES string of the molecule is COC(OC)c1ccccc1-c1cc(C(=O)O)cc2c1C(C)(C)CCC2(C)C. The van der Waals surface area contributed by atoms with Crippen molar-refractivity contribution >= 4 is 5.97 Å². The van der Waals surface area contributed by atoms with E-state index in [1.807, 2.05) is 36.4 Å². The van der Waals surface area contributed by atoms with E-state index in [2.05, 4.69) is 27.7 Å². The molecule has 1 aliphatic rings. The monoisotopic (exact) mass is 382 g/mol. The van der Waals surface area contributed by atoms with Gasteiger partial charge in [0.1, 0.15) is 0 Å². The van der Waals surface area contributed by atoms with E-state index in [-0.39, 0.29) is 10.8 Å². The fraction of sp³-hybridized carbons (Fsp3) is 0.458. The third kappa shape index (κ3) is 3.47. The Morgan fingerprint density at radius 3 is 2.18 bits per heavy atom. The van der Waals surface area contributed by atoms with Crippen LogP contribution in [0.1, 0.15) is 73.9 Å². The van der Waals surface area contributed by atoms with E-state index in [0.29, 0.717) is 5.56 Å². The molecule has 0 atom stereocenters. The summed E-state index contributed by atoms with van der Waals surface area (Å²) in [7, 11) is 3.22. The average molecular weight is 383 g/mol. The molecule has 0 aromatic heterocycles. The van der Waals surface area contributed by atoms with E-state index >= 15 is 0 Å². The lowest BCUT2D eigenvalue weighted by atomic mass is 9.61. The molecule has 3 rings (SSSR count). The second-order valence-corrected chi connectivity index (χ2v) is 8.91. The summed E-state index contributed by atoms with van der Waals surface area (Å²) in [5, 5.41) is 9.78. The lowest BCUT2D eigenvalue weighted by Gasteiger charge is -2.43. The number of ether oxygens (including phenoxy) is 2. The summed E-state index contributed by atoms with van der Waals surface area (Å²) in [5.41, 5.74) is 5.36. The van der Waals surface area contributed by atoms with Gasteiger partial charge in [-0.2, -0.15) is 0 Å². The summed E-state index contributed by atoms with van der Waals surface area (Å²) in [5.74, 6) is -0.907. The first-order valence-corrected chi connectivity index (χ1v) is 9.69. The standard InChI is InChI=1S/C24H30O4/c1-23(2)11-12-24(3,4)20-18(13-15(21(25)26)14-19(20)23)16-9-7-8-10-17(16)22(27-5)28-6/h7-10,13-14,22H,11-12H2,1-6H3,(H,25,26). The van der Waals surface area contributed by atoms with Crippen LogP contribution in [0, 0.1) is 0 Å². The molecule has 2 aromatic carbocycles. The molecule has 2 aromatic rings. The van der Waals surface area contributed by atoms with Gasteiger partial charge in [-0.25, -0.2) is 4.79 Å². The molecule has 0 radical (unpaired) electrons. The molecule has 1 aliphatic carbocycles. The Balaban J connectivity index is 2.40. The van der Waals surface area contributed by atoms with E-state index in [9.17, 15) is 9.90 Å². The topological polar surface area (TPSA) is 55.8 Å². The minimum absolute atomic E-state index is 0.0556. The third-order valence-electron chi connectivity index (χ3n) is 6.10. The second kappa shape index (κ2) is 7.34. The van der Waals surface area contributed by atoms with E-state index in [4.69, 9.17) is 9.47 Å². The molecular formula is C24H30O4. The van der Waals surface area contributed by atoms with Crippen LogP contribution in [0.25, 0.3) is 11.1 Å². The van der Waals surface area contributed by atoms with Crippen molar-refractivity contribution in [3.63, 3.8) is 0 Å². The van der Waals surface area contributed by atoms with E-state index in [1.165, 1.54) is 5.56 Å². The number of aromatic carboxylic acids is 1. The molecule has 0 bridgehead atoms. The second-order valence-electron chi connectivity index (χ2n) is 8.91. The molecule has 150 valence electrons. The fourth-order valence-corrected chi connectivity index (χ4v) is 4.42. The van der Waals surface area contributed by atoms with Crippen molar-refractivity contribution in [3.05, 3.63) is 58.7 Å². The van der Waals surface area contributed by atoms with Gasteiger partial charge >= 0.3 is 5.97 Å². The molecule has 28 heavy (non-hydrogen) atoms. The highest BCUT2D eigenvalue weighted by Gasteiger charge is 2.40. The highest BCUT2D eigenvalue weighted by Crippen LogP contribution is 2.50. The fourth-order valence-electron chi connectivity index (χ4n) is 4.42. The van der Waals surface area contributed by atoms with Crippen LogP contribution in [0.3, 0.4) is 0 Å². The Kier molecular flexibility index (Phi) is 5.39. The molecular weight excluding hydrogens is 352 g/mol. The van der Waals surface area contributed by atoms with E-state index in [0.717, 1.165) is 35.1 Å². The van der Waals surface area contributed by atoms with Gasteiger partial charge < -0.3 is 14.6 Å². The first-order valence-electron chi connectivity index (χ1n) is 9.69. The van der Waals surface area contributed by atoms with Crippen molar-refractivity contribution in [2.75, 3.05) is 14.2 Å². The zero-order valence-electron chi connectivity index (χ0n) is 17.6. The molecule has 1 N–H and O–H groups in total. The van der Waals surface area contributed by atoms with Crippen molar-refractivity contribution in [1.29, 1.82) is 0 Å². The quantitative estimate of drug-likeness (QED) is 0.675. The first-order chi connectivity index (χ1) is 13.1. The summed E-state index contributed by atoms with van der Waals surface area (Å²) in [6.45, 7) is 8.90. The maximum atomic E-state index is 11.9. The molecule has 0 saturated heterocycles. The number of hydrogen-bond acceptors (Lipinski definition) is 3. The molecule has 0 heterocycles. The van der Waals surface area contributed by atoms with Crippen LogP contribution >= 0.6 is 0 Å². The number of carboxylic acids is 1. The van der Waals surface area contributed by atoms with E-state index < -0.39 is 12.3 Å². The molecule has 0 amide bonds. The van der Waals surface area contributed by atoms with Crippen LogP contribution in [0.15, 0.2) is 36.4 Å². The van der Waals surface area contributed by atoms with Gasteiger partial charge in [-0.05, 0) is 58.1 Å². The van der Waals surface area contributed by atoms with Crippen LogP contribution < -0.4 is 0 Å². The van der Waals surface area contributed by atoms with Crippen molar-refractivity contribution in [3.8, 4) is 11.1 Å². The smallest absolute Gasteiger partial charge is 0.335 e. The Morgan fingerprint density at radius 2 is 1.57 bits per heavy atom. The number of methoxy groups -OCH3 is 2. The molecule has 0 fully saturated rings. The molecule has 0 spiro atoms. The molecule has 4 nitrogen and oxygen atoms in total. The Labute approximate surface area is 167 Å². The predicted octanol–water partition coefficient (Wildman–Crippen LogP) is 5.69. The van der Waals surface area contributed by atoms with Gasteiger partial charge in [-0.15, -0.1) is 0 Å². The third-order valence-corrected chi connectivity index (χ3v) is 6.10. The predicted molar refractivity (Wildman–Crippen MR) is 111 cm³/mol. The summed E-state index contributed by atoms with van der Waals surface area (Å²) in [6, 6.07) is 11.6. The molecule has 0 aliphatic heterocycles. The van der Waals surface area contributed by atoms with Crippen molar-refractivity contribution in [1.82, 2.24) is 0 Å². The minimum Gasteiger partial charge on any atom is -0.478 e. The number of benzene rings is 2. The highest BCUT2D eigenvalue weighted by molar-refractivity contribution is 5.91. The summed E-state index contributed by atoms with van der Waals surface area (Å²) in [6.07, 6.45) is 1.56. The van der Waals surface area contributed by atoms with Gasteiger partial charge in [-0.1, -0.05) is 52.0 Å². The Morgan fingerprint density at radius 1 is 0.964 bits per heavy atom. The number of carbonyl (C=O) groups is 1. The molecule has 4 heteroatoms. The highest BCUT2D eigenvalue weighted by atomic mass is 16.7. The van der Waals surface area contributed by atoms with Crippen LogP contribution in [0.2, 0.25) is 0 Å². The van der Waals surface area contributed by atoms with Gasteiger partial charge in [0.15, 0.2) is 6.29 Å². The minimum atomic E-state index is -0.907. The zero-order valence-corrected chi connectivity index (χ0v) is 17.6. The molecule has 0 unspecified atom stereocenters. The van der Waals surface area contributed by atoms with Crippen molar-refractivity contribution in [2.45, 2.75) is 57.7 Å². The van der Waals surface area contributed by atoms with E-state index in [1.54, 1.807) is 14.2 Å². The van der Waals surface area contributed by atoms with Gasteiger partial charge in [0.2, 0.25) is 0 Å². The first kappa shape index (κ1) is 20.6. The van der Waals surface area contributed by atoms with Gasteiger partial charge in [-0.3, -0.25) is 0 Å². The number of fused-ring (bicyclic) bond motifs is 1. The maximum absolute atomic E-state index is 11.9.